The summed E-state index contributed by atoms with van der Waals surface area (Å²) in [4.78, 5) is 11.7. The smallest absolute Gasteiger partial charge is 0.229 e. The van der Waals surface area contributed by atoms with Crippen LogP contribution in [0.3, 0.4) is 0 Å². The van der Waals surface area contributed by atoms with Gasteiger partial charge in [-0.1, -0.05) is 12.1 Å². The van der Waals surface area contributed by atoms with E-state index >= 15 is 0 Å². The Morgan fingerprint density at radius 2 is 1.62 bits per heavy atom. The van der Waals surface area contributed by atoms with Crippen molar-refractivity contribution in [2.45, 2.75) is 33.7 Å². The standard InChI is InChI=1S/C21H27N5/c1-5-26(6-2)17-13-11-16(12-14-17)23-21-24-19-10-8-7-9-18(19)20(25-21)22-15(3)4/h7-15H,5-6H2,1-4H3,(H2,22,23,24,25). The van der Waals surface area contributed by atoms with Crippen molar-refractivity contribution < 1.29 is 0 Å². The van der Waals surface area contributed by atoms with Gasteiger partial charge in [-0.25, -0.2) is 4.98 Å². The van der Waals surface area contributed by atoms with E-state index < -0.39 is 0 Å². The first kappa shape index (κ1) is 18.0. The zero-order chi connectivity index (χ0) is 18.5. The number of hydrogen-bond donors (Lipinski definition) is 2. The van der Waals surface area contributed by atoms with Gasteiger partial charge in [-0.2, -0.15) is 4.98 Å². The highest BCUT2D eigenvalue weighted by Crippen LogP contribution is 2.25. The van der Waals surface area contributed by atoms with Crippen LogP contribution >= 0.6 is 0 Å². The Morgan fingerprint density at radius 1 is 0.923 bits per heavy atom. The number of nitrogens with one attached hydrogen (secondary N) is 2. The van der Waals surface area contributed by atoms with Gasteiger partial charge in [-0.05, 0) is 64.1 Å². The number of hydrogen-bond acceptors (Lipinski definition) is 5. The van der Waals surface area contributed by atoms with E-state index in [2.05, 4.69) is 77.5 Å². The third kappa shape index (κ3) is 4.04. The van der Waals surface area contributed by atoms with Gasteiger partial charge < -0.3 is 15.5 Å². The highest BCUT2D eigenvalue weighted by Gasteiger charge is 2.09. The summed E-state index contributed by atoms with van der Waals surface area (Å²) in [5.74, 6) is 1.45. The summed E-state index contributed by atoms with van der Waals surface area (Å²) < 4.78 is 0. The van der Waals surface area contributed by atoms with Crippen molar-refractivity contribution in [3.8, 4) is 0 Å². The first-order valence-electron chi connectivity index (χ1n) is 9.26. The van der Waals surface area contributed by atoms with E-state index in [1.54, 1.807) is 0 Å². The summed E-state index contributed by atoms with van der Waals surface area (Å²) >= 11 is 0. The third-order valence-electron chi connectivity index (χ3n) is 4.28. The Balaban J connectivity index is 1.88. The minimum atomic E-state index is 0.300. The summed E-state index contributed by atoms with van der Waals surface area (Å²) in [5.41, 5.74) is 3.13. The fourth-order valence-corrected chi connectivity index (χ4v) is 2.99. The fraction of sp³-hybridized carbons (Fsp3) is 0.333. The molecule has 2 aromatic carbocycles. The molecule has 0 aliphatic carbocycles. The molecule has 3 rings (SSSR count). The molecule has 0 saturated carbocycles. The maximum atomic E-state index is 4.68. The van der Waals surface area contributed by atoms with E-state index in [-0.39, 0.29) is 0 Å². The number of aromatic nitrogens is 2. The average molecular weight is 349 g/mol. The van der Waals surface area contributed by atoms with Crippen molar-refractivity contribution in [3.05, 3.63) is 48.5 Å². The molecular weight excluding hydrogens is 322 g/mol. The van der Waals surface area contributed by atoms with Gasteiger partial charge in [-0.15, -0.1) is 0 Å². The third-order valence-corrected chi connectivity index (χ3v) is 4.28. The maximum Gasteiger partial charge on any atom is 0.229 e. The van der Waals surface area contributed by atoms with Crippen LogP contribution in [0.5, 0.6) is 0 Å². The van der Waals surface area contributed by atoms with Gasteiger partial charge >= 0.3 is 0 Å². The van der Waals surface area contributed by atoms with Crippen LogP contribution in [-0.2, 0) is 0 Å². The Morgan fingerprint density at radius 3 is 2.27 bits per heavy atom. The second-order valence-corrected chi connectivity index (χ2v) is 6.56. The topological polar surface area (TPSA) is 53.1 Å². The van der Waals surface area contributed by atoms with Crippen LogP contribution in [0.2, 0.25) is 0 Å². The molecule has 136 valence electrons. The lowest BCUT2D eigenvalue weighted by molar-refractivity contribution is 0.866. The quantitative estimate of drug-likeness (QED) is 0.626. The number of anilines is 4. The van der Waals surface area contributed by atoms with Gasteiger partial charge in [0.2, 0.25) is 5.95 Å². The summed E-state index contributed by atoms with van der Waals surface area (Å²) in [7, 11) is 0. The Hall–Kier alpha value is -2.82. The first-order chi connectivity index (χ1) is 12.6. The molecule has 0 atom stereocenters. The second kappa shape index (κ2) is 8.04. The highest BCUT2D eigenvalue weighted by molar-refractivity contribution is 5.90. The van der Waals surface area contributed by atoms with Crippen LogP contribution in [0.4, 0.5) is 23.1 Å². The Kier molecular flexibility index (Phi) is 5.56. The van der Waals surface area contributed by atoms with Crippen LogP contribution in [0.1, 0.15) is 27.7 Å². The summed E-state index contributed by atoms with van der Waals surface area (Å²) in [6.45, 7) is 10.6. The molecule has 0 unspecified atom stereocenters. The van der Waals surface area contributed by atoms with Crippen LogP contribution in [-0.4, -0.2) is 29.1 Å². The zero-order valence-corrected chi connectivity index (χ0v) is 16.0. The van der Waals surface area contributed by atoms with Crippen LogP contribution < -0.4 is 15.5 Å². The molecule has 0 radical (unpaired) electrons. The predicted molar refractivity (Wildman–Crippen MR) is 112 cm³/mol. The van der Waals surface area contributed by atoms with E-state index in [0.29, 0.717) is 12.0 Å². The molecule has 0 saturated heterocycles. The van der Waals surface area contributed by atoms with Crippen molar-refractivity contribution in [2.75, 3.05) is 28.6 Å². The van der Waals surface area contributed by atoms with Crippen molar-refractivity contribution in [2.24, 2.45) is 0 Å². The van der Waals surface area contributed by atoms with Crippen molar-refractivity contribution in [3.63, 3.8) is 0 Å². The monoisotopic (exact) mass is 349 g/mol. The minimum absolute atomic E-state index is 0.300. The lowest BCUT2D eigenvalue weighted by Gasteiger charge is -2.21. The summed E-state index contributed by atoms with van der Waals surface area (Å²) in [6, 6.07) is 16.8. The molecular formula is C21H27N5. The first-order valence-corrected chi connectivity index (χ1v) is 9.26. The van der Waals surface area contributed by atoms with Gasteiger partial charge in [0.15, 0.2) is 0 Å². The van der Waals surface area contributed by atoms with E-state index in [1.807, 2.05) is 24.3 Å². The molecule has 0 amide bonds. The molecule has 0 aliphatic rings. The van der Waals surface area contributed by atoms with Crippen molar-refractivity contribution in [1.82, 2.24) is 9.97 Å². The molecule has 0 spiro atoms. The molecule has 0 fully saturated rings. The number of benzene rings is 2. The van der Waals surface area contributed by atoms with E-state index in [1.165, 1.54) is 5.69 Å². The summed E-state index contributed by atoms with van der Waals surface area (Å²) in [6.07, 6.45) is 0. The molecule has 5 nitrogen and oxygen atoms in total. The van der Waals surface area contributed by atoms with Gasteiger partial charge in [-0.3, -0.25) is 0 Å². The van der Waals surface area contributed by atoms with Gasteiger partial charge in [0.05, 0.1) is 5.52 Å². The number of fused-ring (bicyclic) bond motifs is 1. The van der Waals surface area contributed by atoms with Crippen molar-refractivity contribution in [1.29, 1.82) is 0 Å². The molecule has 26 heavy (non-hydrogen) atoms. The van der Waals surface area contributed by atoms with Crippen LogP contribution in [0.25, 0.3) is 10.9 Å². The van der Waals surface area contributed by atoms with E-state index in [0.717, 1.165) is 35.5 Å². The largest absolute Gasteiger partial charge is 0.372 e. The zero-order valence-electron chi connectivity index (χ0n) is 16.0. The van der Waals surface area contributed by atoms with Crippen molar-refractivity contribution >= 4 is 34.0 Å². The maximum absolute atomic E-state index is 4.68. The van der Waals surface area contributed by atoms with E-state index in [4.69, 9.17) is 0 Å². The average Bonchev–Trinajstić information content (AvgIpc) is 2.64. The molecule has 5 heteroatoms. The molecule has 0 bridgehead atoms. The fourth-order valence-electron chi connectivity index (χ4n) is 2.99. The summed E-state index contributed by atoms with van der Waals surface area (Å²) in [5, 5.41) is 7.78. The normalized spacial score (nSPS) is 11.0. The molecule has 0 aliphatic heterocycles. The Bertz CT molecular complexity index is 854. The lowest BCUT2D eigenvalue weighted by Crippen LogP contribution is -2.21. The number of para-hydroxylation sites is 1. The number of rotatable bonds is 7. The molecule has 1 aromatic heterocycles. The van der Waals surface area contributed by atoms with Gasteiger partial charge in [0.1, 0.15) is 5.82 Å². The molecule has 2 N–H and O–H groups in total. The SMILES string of the molecule is CCN(CC)c1ccc(Nc2nc(NC(C)C)c3ccccc3n2)cc1. The minimum Gasteiger partial charge on any atom is -0.372 e. The number of nitrogens with zero attached hydrogens (tertiary/aromatic N) is 3. The molecule has 3 aromatic rings. The lowest BCUT2D eigenvalue weighted by atomic mass is 10.2. The van der Waals surface area contributed by atoms with Gasteiger partial charge in [0.25, 0.3) is 0 Å². The Labute approximate surface area is 155 Å². The van der Waals surface area contributed by atoms with E-state index in [9.17, 15) is 0 Å². The van der Waals surface area contributed by atoms with Crippen LogP contribution in [0.15, 0.2) is 48.5 Å². The highest BCUT2D eigenvalue weighted by atomic mass is 15.2. The van der Waals surface area contributed by atoms with Crippen LogP contribution in [0, 0.1) is 0 Å². The second-order valence-electron chi connectivity index (χ2n) is 6.56. The predicted octanol–water partition coefficient (Wildman–Crippen LogP) is 5.04. The van der Waals surface area contributed by atoms with Gasteiger partial charge in [0, 0.05) is 35.9 Å². The molecule has 1 heterocycles.